The molecular formula is C19H19ClN2O5. The van der Waals surface area contributed by atoms with Crippen molar-refractivity contribution in [2.75, 3.05) is 25.6 Å². The molecule has 0 saturated carbocycles. The number of nitrogens with one attached hydrogen (secondary N) is 2. The summed E-state index contributed by atoms with van der Waals surface area (Å²) in [5, 5.41) is 5.30. The summed E-state index contributed by atoms with van der Waals surface area (Å²) >= 11 is 6.01. The van der Waals surface area contributed by atoms with E-state index in [0.29, 0.717) is 5.75 Å². The number of para-hydroxylation sites is 1. The van der Waals surface area contributed by atoms with Gasteiger partial charge in [-0.1, -0.05) is 29.8 Å². The highest BCUT2D eigenvalue weighted by molar-refractivity contribution is 6.33. The normalized spacial score (nSPS) is 10.0. The van der Waals surface area contributed by atoms with E-state index in [9.17, 15) is 14.4 Å². The second kappa shape index (κ2) is 10.2. The molecule has 0 radical (unpaired) electrons. The summed E-state index contributed by atoms with van der Waals surface area (Å²) in [5.41, 5.74) is 0.505. The van der Waals surface area contributed by atoms with Gasteiger partial charge in [-0.25, -0.2) is 4.79 Å². The average molecular weight is 391 g/mol. The number of rotatable bonds is 8. The zero-order chi connectivity index (χ0) is 19.6. The first-order valence-corrected chi connectivity index (χ1v) is 8.49. The molecule has 0 aromatic heterocycles. The van der Waals surface area contributed by atoms with Crippen LogP contribution >= 0.6 is 11.6 Å². The fraction of sp³-hybridized carbons (Fsp3) is 0.211. The van der Waals surface area contributed by atoms with E-state index in [0.717, 1.165) is 0 Å². The molecule has 0 aliphatic rings. The van der Waals surface area contributed by atoms with E-state index >= 15 is 0 Å². The summed E-state index contributed by atoms with van der Waals surface area (Å²) in [6.45, 7) is -0.0343. The molecule has 2 N–H and O–H groups in total. The van der Waals surface area contributed by atoms with Gasteiger partial charge in [-0.3, -0.25) is 9.59 Å². The number of methoxy groups -OCH3 is 1. The molecule has 0 unspecified atom stereocenters. The molecule has 0 heterocycles. The lowest BCUT2D eigenvalue weighted by molar-refractivity contribution is -0.124. The smallest absolute Gasteiger partial charge is 0.337 e. The predicted molar refractivity (Wildman–Crippen MR) is 101 cm³/mol. The fourth-order valence-corrected chi connectivity index (χ4v) is 2.27. The Bertz CT molecular complexity index is 811. The average Bonchev–Trinajstić information content (AvgIpc) is 2.68. The Morgan fingerprint density at radius 1 is 1.04 bits per heavy atom. The number of hydrogen-bond acceptors (Lipinski definition) is 5. The number of amides is 2. The van der Waals surface area contributed by atoms with Crippen LogP contribution in [-0.2, 0) is 14.3 Å². The third-order valence-corrected chi connectivity index (χ3v) is 3.78. The van der Waals surface area contributed by atoms with Crippen LogP contribution in [0.15, 0.2) is 48.5 Å². The molecule has 2 rings (SSSR count). The van der Waals surface area contributed by atoms with E-state index in [1.165, 1.54) is 25.3 Å². The maximum atomic E-state index is 12.0. The standard InChI is InChI=1S/C19H19ClN2O5/c1-26-19(25)13-7-8-15(20)16(11-13)22-18(24)12-21-17(23)9-10-27-14-5-3-2-4-6-14/h2-8,11H,9-10,12H2,1H3,(H,21,23)(H,22,24). The first-order valence-electron chi connectivity index (χ1n) is 8.12. The Kier molecular flexibility index (Phi) is 7.63. The Hall–Kier alpha value is -3.06. The number of esters is 1. The van der Waals surface area contributed by atoms with Crippen LogP contribution in [0.2, 0.25) is 5.02 Å². The Morgan fingerprint density at radius 3 is 2.48 bits per heavy atom. The number of carbonyl (C=O) groups is 3. The van der Waals surface area contributed by atoms with Gasteiger partial charge in [0, 0.05) is 0 Å². The first-order chi connectivity index (χ1) is 13.0. The highest BCUT2D eigenvalue weighted by atomic mass is 35.5. The van der Waals surface area contributed by atoms with Crippen molar-refractivity contribution in [1.82, 2.24) is 5.32 Å². The topological polar surface area (TPSA) is 93.7 Å². The van der Waals surface area contributed by atoms with Crippen LogP contribution in [0.4, 0.5) is 5.69 Å². The van der Waals surface area contributed by atoms with Crippen molar-refractivity contribution in [2.45, 2.75) is 6.42 Å². The third-order valence-electron chi connectivity index (χ3n) is 3.45. The van der Waals surface area contributed by atoms with E-state index in [1.807, 2.05) is 18.2 Å². The van der Waals surface area contributed by atoms with Crippen molar-refractivity contribution < 1.29 is 23.9 Å². The number of ether oxygens (including phenoxy) is 2. The minimum Gasteiger partial charge on any atom is -0.493 e. The molecule has 0 spiro atoms. The zero-order valence-corrected chi connectivity index (χ0v) is 15.4. The van der Waals surface area contributed by atoms with Crippen molar-refractivity contribution in [1.29, 1.82) is 0 Å². The predicted octanol–water partition coefficient (Wildman–Crippen LogP) is 2.65. The van der Waals surface area contributed by atoms with E-state index < -0.39 is 11.9 Å². The lowest BCUT2D eigenvalue weighted by atomic mass is 10.2. The van der Waals surface area contributed by atoms with Crippen molar-refractivity contribution in [2.24, 2.45) is 0 Å². The van der Waals surface area contributed by atoms with Gasteiger partial charge in [-0.2, -0.15) is 0 Å². The van der Waals surface area contributed by atoms with Gasteiger partial charge < -0.3 is 20.1 Å². The van der Waals surface area contributed by atoms with E-state index in [4.69, 9.17) is 16.3 Å². The van der Waals surface area contributed by atoms with Crippen molar-refractivity contribution >= 4 is 35.1 Å². The maximum Gasteiger partial charge on any atom is 0.337 e. The first kappa shape index (κ1) is 20.3. The molecule has 142 valence electrons. The van der Waals surface area contributed by atoms with Gasteiger partial charge in [0.1, 0.15) is 5.75 Å². The SMILES string of the molecule is COC(=O)c1ccc(Cl)c(NC(=O)CNC(=O)CCOc2ccccc2)c1. The summed E-state index contributed by atoms with van der Waals surface area (Å²) in [7, 11) is 1.26. The molecule has 0 fully saturated rings. The van der Waals surface area contributed by atoms with Gasteiger partial charge >= 0.3 is 5.97 Å². The van der Waals surface area contributed by atoms with Crippen molar-refractivity contribution in [3.05, 3.63) is 59.1 Å². The molecule has 0 saturated heterocycles. The van der Waals surface area contributed by atoms with E-state index in [2.05, 4.69) is 15.4 Å². The number of carbonyl (C=O) groups excluding carboxylic acids is 3. The van der Waals surface area contributed by atoms with Crippen LogP contribution in [0, 0.1) is 0 Å². The molecular weight excluding hydrogens is 372 g/mol. The van der Waals surface area contributed by atoms with Crippen LogP contribution in [0.5, 0.6) is 5.75 Å². The van der Waals surface area contributed by atoms with E-state index in [-0.39, 0.29) is 41.8 Å². The molecule has 0 aliphatic carbocycles. The minimum absolute atomic E-state index is 0.112. The van der Waals surface area contributed by atoms with Gasteiger partial charge in [0.05, 0.1) is 43.0 Å². The highest BCUT2D eigenvalue weighted by Crippen LogP contribution is 2.23. The molecule has 0 atom stereocenters. The largest absolute Gasteiger partial charge is 0.493 e. The maximum absolute atomic E-state index is 12.0. The van der Waals surface area contributed by atoms with Crippen molar-refractivity contribution in [3.63, 3.8) is 0 Å². The van der Waals surface area contributed by atoms with Gasteiger partial charge in [0.2, 0.25) is 11.8 Å². The van der Waals surface area contributed by atoms with E-state index in [1.54, 1.807) is 12.1 Å². The number of benzene rings is 2. The van der Waals surface area contributed by atoms with Crippen LogP contribution in [0.1, 0.15) is 16.8 Å². The van der Waals surface area contributed by atoms with Crippen LogP contribution in [-0.4, -0.2) is 38.0 Å². The van der Waals surface area contributed by atoms with Gasteiger partial charge in [-0.05, 0) is 30.3 Å². The molecule has 2 aromatic carbocycles. The summed E-state index contributed by atoms with van der Waals surface area (Å²) in [6.07, 6.45) is 0.112. The highest BCUT2D eigenvalue weighted by Gasteiger charge is 2.12. The summed E-state index contributed by atoms with van der Waals surface area (Å²) in [6, 6.07) is 13.5. The van der Waals surface area contributed by atoms with Crippen LogP contribution < -0.4 is 15.4 Å². The minimum atomic E-state index is -0.547. The fourth-order valence-electron chi connectivity index (χ4n) is 2.11. The number of hydrogen-bond donors (Lipinski definition) is 2. The second-order valence-electron chi connectivity index (χ2n) is 5.42. The van der Waals surface area contributed by atoms with Crippen LogP contribution in [0.3, 0.4) is 0 Å². The quantitative estimate of drug-likeness (QED) is 0.676. The third kappa shape index (κ3) is 6.63. The summed E-state index contributed by atoms with van der Waals surface area (Å²) in [5.74, 6) is -0.677. The number of anilines is 1. The van der Waals surface area contributed by atoms with Crippen LogP contribution in [0.25, 0.3) is 0 Å². The van der Waals surface area contributed by atoms with Gasteiger partial charge in [0.25, 0.3) is 0 Å². The molecule has 0 bridgehead atoms. The summed E-state index contributed by atoms with van der Waals surface area (Å²) < 4.78 is 10.0. The number of halogens is 1. The van der Waals surface area contributed by atoms with Gasteiger partial charge in [-0.15, -0.1) is 0 Å². The zero-order valence-electron chi connectivity index (χ0n) is 14.7. The summed E-state index contributed by atoms with van der Waals surface area (Å²) in [4.78, 5) is 35.3. The second-order valence-corrected chi connectivity index (χ2v) is 5.83. The molecule has 0 aliphatic heterocycles. The lowest BCUT2D eigenvalue weighted by Gasteiger charge is -2.10. The molecule has 2 aromatic rings. The molecule has 2 amide bonds. The molecule has 27 heavy (non-hydrogen) atoms. The van der Waals surface area contributed by atoms with Crippen molar-refractivity contribution in [3.8, 4) is 5.75 Å². The molecule has 8 heteroatoms. The Morgan fingerprint density at radius 2 is 1.78 bits per heavy atom. The lowest BCUT2D eigenvalue weighted by Crippen LogP contribution is -2.33. The molecule has 7 nitrogen and oxygen atoms in total. The monoisotopic (exact) mass is 390 g/mol. The Balaban J connectivity index is 1.77. The Labute approximate surface area is 161 Å². The van der Waals surface area contributed by atoms with Gasteiger partial charge in [0.15, 0.2) is 0 Å².